The van der Waals surface area contributed by atoms with Gasteiger partial charge in [0, 0.05) is 18.6 Å². The van der Waals surface area contributed by atoms with E-state index in [0.29, 0.717) is 12.0 Å². The van der Waals surface area contributed by atoms with Crippen molar-refractivity contribution in [3.8, 4) is 0 Å². The maximum atomic E-state index is 11.8. The summed E-state index contributed by atoms with van der Waals surface area (Å²) in [5, 5.41) is 22.7. The number of nitro benzene ring substituents is 1. The number of carboxylic acids is 1. The second-order valence-electron chi connectivity index (χ2n) is 4.67. The van der Waals surface area contributed by atoms with Gasteiger partial charge in [0.1, 0.15) is 0 Å². The lowest BCUT2D eigenvalue weighted by Crippen LogP contribution is -2.51. The van der Waals surface area contributed by atoms with E-state index in [1.54, 1.807) is 6.92 Å². The maximum Gasteiger partial charge on any atom is 0.334 e. The van der Waals surface area contributed by atoms with Crippen molar-refractivity contribution in [1.82, 2.24) is 5.32 Å². The van der Waals surface area contributed by atoms with Crippen LogP contribution < -0.4 is 5.32 Å². The first-order chi connectivity index (χ1) is 9.87. The summed E-state index contributed by atoms with van der Waals surface area (Å²) in [6, 6.07) is 5.19. The second kappa shape index (κ2) is 6.83. The topological polar surface area (TPSA) is 110 Å². The number of rotatable bonds is 7. The zero-order valence-corrected chi connectivity index (χ0v) is 12.0. The van der Waals surface area contributed by atoms with Gasteiger partial charge in [-0.1, -0.05) is 13.8 Å². The minimum Gasteiger partial charge on any atom is -0.479 e. The normalized spacial score (nSPS) is 13.2. The third-order valence-electron chi connectivity index (χ3n) is 3.30. The van der Waals surface area contributed by atoms with Gasteiger partial charge < -0.3 is 10.4 Å². The smallest absolute Gasteiger partial charge is 0.334 e. The molecule has 0 radical (unpaired) electrons. The van der Waals surface area contributed by atoms with Crippen LogP contribution in [0.5, 0.6) is 0 Å². The molecule has 0 bridgehead atoms. The fraction of sp³-hybridized carbons (Fsp3) is 0.429. The number of hydrogen-bond acceptors (Lipinski definition) is 4. The first kappa shape index (κ1) is 16.6. The third-order valence-corrected chi connectivity index (χ3v) is 3.30. The zero-order valence-electron chi connectivity index (χ0n) is 12.0. The van der Waals surface area contributed by atoms with Crippen molar-refractivity contribution in [2.24, 2.45) is 0 Å². The van der Waals surface area contributed by atoms with Gasteiger partial charge in [0.2, 0.25) is 5.91 Å². The van der Waals surface area contributed by atoms with E-state index in [1.807, 2.05) is 6.92 Å². The highest BCUT2D eigenvalue weighted by atomic mass is 16.6. The Morgan fingerprint density at radius 1 is 1.29 bits per heavy atom. The molecule has 0 aromatic heterocycles. The van der Waals surface area contributed by atoms with E-state index in [2.05, 4.69) is 5.32 Å². The number of amides is 1. The largest absolute Gasteiger partial charge is 0.479 e. The number of non-ortho nitro benzene ring substituents is 1. The molecule has 2 N–H and O–H groups in total. The number of carbonyl (C=O) groups is 2. The molecule has 21 heavy (non-hydrogen) atoms. The first-order valence-corrected chi connectivity index (χ1v) is 6.66. The van der Waals surface area contributed by atoms with Crippen molar-refractivity contribution in [3.05, 3.63) is 39.9 Å². The summed E-state index contributed by atoms with van der Waals surface area (Å²) < 4.78 is 0. The molecule has 7 nitrogen and oxygen atoms in total. The molecule has 1 rings (SSSR count). The van der Waals surface area contributed by atoms with Crippen LogP contribution in [0.15, 0.2) is 24.3 Å². The molecule has 1 aromatic carbocycles. The molecule has 7 heteroatoms. The quantitative estimate of drug-likeness (QED) is 0.591. The summed E-state index contributed by atoms with van der Waals surface area (Å²) in [6.07, 6.45) is 0.961. The predicted octanol–water partition coefficient (Wildman–Crippen LogP) is 2.20. The predicted molar refractivity (Wildman–Crippen MR) is 75.8 cm³/mol. The van der Waals surface area contributed by atoms with Crippen molar-refractivity contribution >= 4 is 17.6 Å². The Morgan fingerprint density at radius 2 is 1.86 bits per heavy atom. The van der Waals surface area contributed by atoms with E-state index in [1.165, 1.54) is 24.3 Å². The second-order valence-corrected chi connectivity index (χ2v) is 4.67. The number of carboxylic acid groups (broad SMARTS) is 1. The highest BCUT2D eigenvalue weighted by molar-refractivity contribution is 5.88. The molecule has 0 saturated carbocycles. The van der Waals surface area contributed by atoms with Crippen LogP contribution in [0.2, 0.25) is 0 Å². The summed E-state index contributed by atoms with van der Waals surface area (Å²) in [5.41, 5.74) is -1.39. The lowest BCUT2D eigenvalue weighted by molar-refractivity contribution is -0.384. The molecular formula is C14H18N2O5. The highest BCUT2D eigenvalue weighted by Crippen LogP contribution is 2.27. The van der Waals surface area contributed by atoms with Gasteiger partial charge >= 0.3 is 5.97 Å². The summed E-state index contributed by atoms with van der Waals surface area (Å²) in [5.74, 6) is -1.55. The summed E-state index contributed by atoms with van der Waals surface area (Å²) >= 11 is 0. The molecule has 0 saturated heterocycles. The SMILES string of the molecule is CCCC(=O)NC(CC)(C(=O)O)c1ccc([N+](=O)[O-])cc1. The molecule has 1 unspecified atom stereocenters. The van der Waals surface area contributed by atoms with Gasteiger partial charge in [-0.3, -0.25) is 14.9 Å². The molecule has 0 spiro atoms. The molecule has 1 aromatic rings. The monoisotopic (exact) mass is 294 g/mol. The Kier molecular flexibility index (Phi) is 5.40. The van der Waals surface area contributed by atoms with Gasteiger partial charge in [0.25, 0.3) is 5.69 Å². The van der Waals surface area contributed by atoms with Gasteiger partial charge in [-0.05, 0) is 30.5 Å². The van der Waals surface area contributed by atoms with E-state index in [-0.39, 0.29) is 24.4 Å². The highest BCUT2D eigenvalue weighted by Gasteiger charge is 2.40. The number of aliphatic carboxylic acids is 1. The molecule has 0 aliphatic rings. The summed E-state index contributed by atoms with van der Waals surface area (Å²) in [6.45, 7) is 3.46. The van der Waals surface area contributed by atoms with Crippen molar-refractivity contribution in [3.63, 3.8) is 0 Å². The van der Waals surface area contributed by atoms with Crippen molar-refractivity contribution in [2.75, 3.05) is 0 Å². The van der Waals surface area contributed by atoms with Gasteiger partial charge in [0.15, 0.2) is 5.54 Å². The molecular weight excluding hydrogens is 276 g/mol. The summed E-state index contributed by atoms with van der Waals surface area (Å²) in [7, 11) is 0. The van der Waals surface area contributed by atoms with E-state index in [9.17, 15) is 24.8 Å². The third kappa shape index (κ3) is 3.56. The van der Waals surface area contributed by atoms with Gasteiger partial charge in [-0.15, -0.1) is 0 Å². The van der Waals surface area contributed by atoms with E-state index in [4.69, 9.17) is 0 Å². The minimum absolute atomic E-state index is 0.131. The van der Waals surface area contributed by atoms with Crippen LogP contribution in [0.3, 0.4) is 0 Å². The molecule has 1 atom stereocenters. The molecule has 114 valence electrons. The van der Waals surface area contributed by atoms with Crippen LogP contribution in [0.1, 0.15) is 38.7 Å². The molecule has 0 heterocycles. The lowest BCUT2D eigenvalue weighted by Gasteiger charge is -2.30. The summed E-state index contributed by atoms with van der Waals surface area (Å²) in [4.78, 5) is 33.5. The number of nitrogens with one attached hydrogen (secondary N) is 1. The average molecular weight is 294 g/mol. The zero-order chi connectivity index (χ0) is 16.0. The van der Waals surface area contributed by atoms with Crippen molar-refractivity contribution in [2.45, 2.75) is 38.6 Å². The van der Waals surface area contributed by atoms with Crippen molar-refractivity contribution in [1.29, 1.82) is 0 Å². The Labute approximate surface area is 122 Å². The molecule has 1 amide bonds. The standard InChI is InChI=1S/C14H18N2O5/c1-3-5-12(17)15-14(4-2,13(18)19)10-6-8-11(9-7-10)16(20)21/h6-9H,3-5H2,1-2H3,(H,15,17)(H,18,19). The number of hydrogen-bond donors (Lipinski definition) is 2. The van der Waals surface area contributed by atoms with Crippen LogP contribution in [0.25, 0.3) is 0 Å². The van der Waals surface area contributed by atoms with Crippen LogP contribution in [-0.4, -0.2) is 21.9 Å². The number of carbonyl (C=O) groups excluding carboxylic acids is 1. The number of benzene rings is 1. The fourth-order valence-electron chi connectivity index (χ4n) is 2.09. The number of nitrogens with zero attached hydrogens (tertiary/aromatic N) is 1. The van der Waals surface area contributed by atoms with Crippen LogP contribution in [0.4, 0.5) is 5.69 Å². The van der Waals surface area contributed by atoms with Crippen LogP contribution in [0, 0.1) is 10.1 Å². The van der Waals surface area contributed by atoms with Gasteiger partial charge in [0.05, 0.1) is 4.92 Å². The van der Waals surface area contributed by atoms with Crippen LogP contribution in [-0.2, 0) is 15.1 Å². The lowest BCUT2D eigenvalue weighted by atomic mass is 9.86. The Hall–Kier alpha value is -2.44. The first-order valence-electron chi connectivity index (χ1n) is 6.66. The van der Waals surface area contributed by atoms with E-state index < -0.39 is 16.4 Å². The van der Waals surface area contributed by atoms with Crippen LogP contribution >= 0.6 is 0 Å². The number of nitro groups is 1. The minimum atomic E-state index is -1.57. The Balaban J connectivity index is 3.20. The maximum absolute atomic E-state index is 11.8. The van der Waals surface area contributed by atoms with Crippen molar-refractivity contribution < 1.29 is 19.6 Å². The molecule has 0 aliphatic carbocycles. The Morgan fingerprint density at radius 3 is 2.24 bits per heavy atom. The molecule has 0 fully saturated rings. The Bertz CT molecular complexity index is 541. The van der Waals surface area contributed by atoms with Gasteiger partial charge in [-0.25, -0.2) is 4.79 Å². The van der Waals surface area contributed by atoms with E-state index in [0.717, 1.165) is 0 Å². The molecule has 0 aliphatic heterocycles. The fourth-order valence-corrected chi connectivity index (χ4v) is 2.09. The average Bonchev–Trinajstić information content (AvgIpc) is 2.45. The van der Waals surface area contributed by atoms with Gasteiger partial charge in [-0.2, -0.15) is 0 Å². The van der Waals surface area contributed by atoms with E-state index >= 15 is 0 Å².